The Kier molecular flexibility index (Phi) is 21.4. The number of benzene rings is 1. The second kappa shape index (κ2) is 23.7. The standard InChI is InChI=1S/C42H65NO6.C3H8/c1-10-11-18-32(40(48)37(45)24-23-33(44)27-34(39(47)29(4)5)31-19-13-12-14-20-31)26-38(46)36-22-16-25-43(36)41(49)35(42(7,8)9)21-15-17-30(6)28(2)3;1-3-2/h12-14,19-20,28-30,32,34-36H,10-11,15-18,21-27H2,1-9H3;3H2,1-2H3/t30?,32?,34-,35+,36-;/m0./s1. The minimum atomic E-state index is -0.761. The Balaban J connectivity index is 0.00000434. The molecule has 2 rings (SSSR count). The Bertz CT molecular complexity index is 1280. The molecule has 0 saturated carbocycles. The van der Waals surface area contributed by atoms with Crippen molar-refractivity contribution in [1.29, 1.82) is 0 Å². The van der Waals surface area contributed by atoms with E-state index in [1.807, 2.05) is 51.1 Å². The fourth-order valence-electron chi connectivity index (χ4n) is 7.03. The first-order valence-electron chi connectivity index (χ1n) is 20.4. The van der Waals surface area contributed by atoms with Crippen LogP contribution in [0.25, 0.3) is 0 Å². The van der Waals surface area contributed by atoms with Gasteiger partial charge in [-0.2, -0.15) is 0 Å². The molecule has 1 amide bonds. The topological polar surface area (TPSA) is 106 Å². The molecule has 1 fully saturated rings. The van der Waals surface area contributed by atoms with Crippen LogP contribution in [0.5, 0.6) is 0 Å². The maximum atomic E-state index is 14.0. The molecule has 5 atom stereocenters. The van der Waals surface area contributed by atoms with Crippen molar-refractivity contribution in [3.63, 3.8) is 0 Å². The van der Waals surface area contributed by atoms with E-state index >= 15 is 0 Å². The SMILES string of the molecule is CCC.CCCCC(CC(=O)[C@@H]1CCCN1C(=O)[C@@H](CCCC(C)C(C)C)C(C)(C)C)C(=O)C(=O)CCC(=O)C[C@H](C(=O)C(C)C)c1ccccc1. The van der Waals surface area contributed by atoms with Crippen LogP contribution in [-0.2, 0) is 28.8 Å². The third-order valence-corrected chi connectivity index (χ3v) is 10.7. The van der Waals surface area contributed by atoms with Crippen molar-refractivity contribution in [3.05, 3.63) is 35.9 Å². The molecule has 0 spiro atoms. The predicted molar refractivity (Wildman–Crippen MR) is 212 cm³/mol. The van der Waals surface area contributed by atoms with Crippen molar-refractivity contribution in [1.82, 2.24) is 4.90 Å². The lowest BCUT2D eigenvalue weighted by Crippen LogP contribution is -2.47. The average molecular weight is 724 g/mol. The molecule has 1 aliphatic rings. The van der Waals surface area contributed by atoms with E-state index in [0.717, 1.165) is 37.7 Å². The molecule has 1 aromatic carbocycles. The Hall–Kier alpha value is -2.96. The van der Waals surface area contributed by atoms with Crippen LogP contribution in [0.2, 0.25) is 0 Å². The minimum Gasteiger partial charge on any atom is -0.332 e. The van der Waals surface area contributed by atoms with Crippen LogP contribution in [0.3, 0.4) is 0 Å². The molecule has 0 aliphatic carbocycles. The van der Waals surface area contributed by atoms with E-state index in [1.165, 1.54) is 6.42 Å². The van der Waals surface area contributed by atoms with Gasteiger partial charge in [0, 0.05) is 55.9 Å². The Morgan fingerprint density at radius 3 is 1.96 bits per heavy atom. The molecule has 294 valence electrons. The zero-order valence-corrected chi connectivity index (χ0v) is 34.7. The van der Waals surface area contributed by atoms with E-state index in [1.54, 1.807) is 4.90 Å². The van der Waals surface area contributed by atoms with E-state index in [4.69, 9.17) is 0 Å². The van der Waals surface area contributed by atoms with Crippen LogP contribution >= 0.6 is 0 Å². The highest BCUT2D eigenvalue weighted by Crippen LogP contribution is 2.36. The quantitative estimate of drug-likeness (QED) is 0.110. The number of carbonyl (C=O) groups is 6. The molecule has 0 radical (unpaired) electrons. The maximum absolute atomic E-state index is 14.0. The number of likely N-dealkylation sites (tertiary alicyclic amines) is 1. The first-order chi connectivity index (χ1) is 24.4. The van der Waals surface area contributed by atoms with Crippen LogP contribution in [0.4, 0.5) is 0 Å². The van der Waals surface area contributed by atoms with Gasteiger partial charge in [0.2, 0.25) is 11.7 Å². The van der Waals surface area contributed by atoms with Crippen molar-refractivity contribution in [3.8, 4) is 0 Å². The smallest absolute Gasteiger partial charge is 0.226 e. The number of ketones is 5. The summed E-state index contributed by atoms with van der Waals surface area (Å²) in [6.45, 7) is 23.4. The Morgan fingerprint density at radius 2 is 1.42 bits per heavy atom. The van der Waals surface area contributed by atoms with Gasteiger partial charge in [-0.3, -0.25) is 28.8 Å². The zero-order chi connectivity index (χ0) is 39.6. The summed E-state index contributed by atoms with van der Waals surface area (Å²) in [5, 5.41) is 0. The van der Waals surface area contributed by atoms with Gasteiger partial charge in [0.15, 0.2) is 11.6 Å². The summed E-state index contributed by atoms with van der Waals surface area (Å²) in [7, 11) is 0. The van der Waals surface area contributed by atoms with Crippen LogP contribution in [0, 0.1) is 35.0 Å². The summed E-state index contributed by atoms with van der Waals surface area (Å²) >= 11 is 0. The van der Waals surface area contributed by atoms with Gasteiger partial charge in [0.1, 0.15) is 11.6 Å². The van der Waals surface area contributed by atoms with Crippen molar-refractivity contribution in [2.45, 2.75) is 172 Å². The summed E-state index contributed by atoms with van der Waals surface area (Å²) in [6, 6.07) is 8.61. The molecule has 7 heteroatoms. The molecule has 52 heavy (non-hydrogen) atoms. The second-order valence-electron chi connectivity index (χ2n) is 17.0. The van der Waals surface area contributed by atoms with E-state index < -0.39 is 29.4 Å². The number of amides is 1. The molecule has 2 unspecified atom stereocenters. The third-order valence-electron chi connectivity index (χ3n) is 10.7. The molecule has 0 N–H and O–H groups in total. The largest absolute Gasteiger partial charge is 0.332 e. The summed E-state index contributed by atoms with van der Waals surface area (Å²) in [6.07, 6.45) is 6.83. The summed E-state index contributed by atoms with van der Waals surface area (Å²) in [4.78, 5) is 82.2. The van der Waals surface area contributed by atoms with Gasteiger partial charge in [0.25, 0.3) is 0 Å². The lowest BCUT2D eigenvalue weighted by Gasteiger charge is -2.35. The highest BCUT2D eigenvalue weighted by molar-refractivity contribution is 6.38. The molecule has 0 bridgehead atoms. The predicted octanol–water partition coefficient (Wildman–Crippen LogP) is 10.2. The molecule has 0 aromatic heterocycles. The molecule has 1 heterocycles. The van der Waals surface area contributed by atoms with Crippen molar-refractivity contribution < 1.29 is 28.8 Å². The van der Waals surface area contributed by atoms with Crippen LogP contribution in [0.1, 0.15) is 171 Å². The number of Topliss-reactive ketones (excluding diaryl/α,β-unsaturated/α-hetero) is 5. The number of rotatable bonds is 22. The summed E-state index contributed by atoms with van der Waals surface area (Å²) in [5.41, 5.74) is 0.519. The molecular formula is C45H73NO6. The number of hydrogen-bond acceptors (Lipinski definition) is 6. The van der Waals surface area contributed by atoms with Crippen LogP contribution in [0.15, 0.2) is 30.3 Å². The van der Waals surface area contributed by atoms with E-state index in [2.05, 4.69) is 55.4 Å². The fraction of sp³-hybridized carbons (Fsp3) is 0.733. The van der Waals surface area contributed by atoms with E-state index in [-0.39, 0.29) is 66.2 Å². The highest BCUT2D eigenvalue weighted by atomic mass is 16.2. The van der Waals surface area contributed by atoms with Gasteiger partial charge in [-0.25, -0.2) is 0 Å². The molecular weight excluding hydrogens is 650 g/mol. The highest BCUT2D eigenvalue weighted by Gasteiger charge is 2.41. The first-order valence-corrected chi connectivity index (χ1v) is 20.4. The van der Waals surface area contributed by atoms with E-state index in [0.29, 0.717) is 37.6 Å². The minimum absolute atomic E-state index is 0.0158. The zero-order valence-electron chi connectivity index (χ0n) is 34.7. The lowest BCUT2D eigenvalue weighted by molar-refractivity contribution is -0.145. The summed E-state index contributed by atoms with van der Waals surface area (Å²) < 4.78 is 0. The number of unbranched alkanes of at least 4 members (excludes halogenated alkanes) is 1. The average Bonchev–Trinajstić information content (AvgIpc) is 3.59. The number of carbonyl (C=O) groups excluding carboxylic acids is 6. The summed E-state index contributed by atoms with van der Waals surface area (Å²) in [5.74, 6) is -2.27. The number of hydrogen-bond donors (Lipinski definition) is 0. The fourth-order valence-corrected chi connectivity index (χ4v) is 7.03. The third kappa shape index (κ3) is 15.6. The number of nitrogens with zero attached hydrogens (tertiary/aromatic N) is 1. The molecule has 1 aliphatic heterocycles. The van der Waals surface area contributed by atoms with Crippen LogP contribution < -0.4 is 0 Å². The van der Waals surface area contributed by atoms with Gasteiger partial charge >= 0.3 is 0 Å². The Morgan fingerprint density at radius 1 is 0.808 bits per heavy atom. The second-order valence-corrected chi connectivity index (χ2v) is 17.0. The van der Waals surface area contributed by atoms with E-state index in [9.17, 15) is 28.8 Å². The normalized spacial score (nSPS) is 16.9. The Labute approximate surface area is 316 Å². The van der Waals surface area contributed by atoms with Crippen molar-refractivity contribution in [2.24, 2.45) is 35.0 Å². The van der Waals surface area contributed by atoms with Gasteiger partial charge in [-0.05, 0) is 48.5 Å². The van der Waals surface area contributed by atoms with Crippen molar-refractivity contribution in [2.75, 3.05) is 6.54 Å². The molecule has 1 saturated heterocycles. The van der Waals surface area contributed by atoms with Gasteiger partial charge in [0.05, 0.1) is 6.04 Å². The van der Waals surface area contributed by atoms with Gasteiger partial charge < -0.3 is 4.90 Å². The van der Waals surface area contributed by atoms with Gasteiger partial charge in [-0.1, -0.05) is 139 Å². The van der Waals surface area contributed by atoms with Crippen molar-refractivity contribution >= 4 is 34.8 Å². The molecule has 7 nitrogen and oxygen atoms in total. The monoisotopic (exact) mass is 724 g/mol. The lowest BCUT2D eigenvalue weighted by atomic mass is 9.76. The van der Waals surface area contributed by atoms with Gasteiger partial charge in [-0.15, -0.1) is 0 Å². The van der Waals surface area contributed by atoms with Crippen LogP contribution in [-0.4, -0.2) is 52.3 Å². The molecule has 1 aromatic rings. The first kappa shape index (κ1) is 47.1. The maximum Gasteiger partial charge on any atom is 0.226 e.